The molecular formula is C18H23BrN2. The summed E-state index contributed by atoms with van der Waals surface area (Å²) >= 11 is 3.56. The molecule has 3 heteroatoms. The van der Waals surface area contributed by atoms with Crippen molar-refractivity contribution < 1.29 is 0 Å². The molecule has 21 heavy (non-hydrogen) atoms. The zero-order valence-electron chi connectivity index (χ0n) is 13.2. The van der Waals surface area contributed by atoms with E-state index in [1.54, 1.807) is 0 Å². The van der Waals surface area contributed by atoms with E-state index in [9.17, 15) is 0 Å². The summed E-state index contributed by atoms with van der Waals surface area (Å²) in [5.74, 6) is 0. The Morgan fingerprint density at radius 3 is 2.29 bits per heavy atom. The van der Waals surface area contributed by atoms with Crippen molar-refractivity contribution in [2.24, 2.45) is 5.73 Å². The van der Waals surface area contributed by atoms with Crippen LogP contribution in [0.2, 0.25) is 0 Å². The average molecular weight is 347 g/mol. The molecule has 2 rings (SSSR count). The minimum Gasteiger partial charge on any atom is -0.344 e. The van der Waals surface area contributed by atoms with Crippen molar-refractivity contribution in [1.82, 2.24) is 0 Å². The van der Waals surface area contributed by atoms with Crippen molar-refractivity contribution in [2.45, 2.75) is 33.2 Å². The molecule has 0 amide bonds. The smallest absolute Gasteiger partial charge is 0.0442 e. The van der Waals surface area contributed by atoms with Crippen LogP contribution in [-0.4, -0.2) is 13.1 Å². The molecule has 0 radical (unpaired) electrons. The summed E-state index contributed by atoms with van der Waals surface area (Å²) in [4.78, 5) is 2.24. The zero-order valence-corrected chi connectivity index (χ0v) is 14.7. The molecular weight excluding hydrogens is 324 g/mol. The molecule has 1 unspecified atom stereocenters. The van der Waals surface area contributed by atoms with Crippen LogP contribution in [0.5, 0.6) is 0 Å². The Bertz CT molecular complexity index is 615. The van der Waals surface area contributed by atoms with E-state index in [1.807, 2.05) is 6.92 Å². The molecule has 0 aliphatic heterocycles. The Kier molecular flexibility index (Phi) is 5.07. The van der Waals surface area contributed by atoms with Crippen LogP contribution in [0.1, 0.15) is 23.6 Å². The summed E-state index contributed by atoms with van der Waals surface area (Å²) < 4.78 is 1.09. The number of anilines is 2. The fraction of sp³-hybridized carbons (Fsp3) is 0.333. The molecule has 2 aromatic rings. The van der Waals surface area contributed by atoms with Gasteiger partial charge in [-0.1, -0.05) is 22.0 Å². The van der Waals surface area contributed by atoms with Crippen LogP contribution in [0, 0.1) is 13.8 Å². The SMILES string of the molecule is Cc1cc(C)cc(N(C)c2ccc(Br)cc2CC(C)N)c1. The Morgan fingerprint density at radius 2 is 1.71 bits per heavy atom. The Balaban J connectivity index is 2.44. The molecule has 0 saturated carbocycles. The van der Waals surface area contributed by atoms with Gasteiger partial charge < -0.3 is 10.6 Å². The van der Waals surface area contributed by atoms with Crippen molar-refractivity contribution in [3.05, 3.63) is 57.6 Å². The molecule has 0 aliphatic rings. The molecule has 2 aromatic carbocycles. The van der Waals surface area contributed by atoms with E-state index in [1.165, 1.54) is 28.1 Å². The standard InChI is InChI=1S/C18H23BrN2/c1-12-7-13(2)9-17(8-12)21(4)18-6-5-16(19)11-15(18)10-14(3)20/h5-9,11,14H,10,20H2,1-4H3. The molecule has 0 fully saturated rings. The van der Waals surface area contributed by atoms with Crippen LogP contribution in [-0.2, 0) is 6.42 Å². The van der Waals surface area contributed by atoms with Crippen LogP contribution in [0.3, 0.4) is 0 Å². The van der Waals surface area contributed by atoms with Crippen molar-refractivity contribution in [2.75, 3.05) is 11.9 Å². The molecule has 0 bridgehead atoms. The fourth-order valence-corrected chi connectivity index (χ4v) is 3.08. The first-order valence-corrected chi connectivity index (χ1v) is 8.02. The minimum absolute atomic E-state index is 0.144. The maximum absolute atomic E-state index is 6.00. The molecule has 0 aliphatic carbocycles. The van der Waals surface area contributed by atoms with E-state index >= 15 is 0 Å². The van der Waals surface area contributed by atoms with Crippen LogP contribution >= 0.6 is 15.9 Å². The predicted molar refractivity (Wildman–Crippen MR) is 95.5 cm³/mol. The first-order chi connectivity index (χ1) is 9.86. The van der Waals surface area contributed by atoms with E-state index in [4.69, 9.17) is 5.73 Å². The van der Waals surface area contributed by atoms with Crippen molar-refractivity contribution in [1.29, 1.82) is 0 Å². The number of rotatable bonds is 4. The van der Waals surface area contributed by atoms with E-state index in [0.29, 0.717) is 0 Å². The van der Waals surface area contributed by atoms with Crippen molar-refractivity contribution in [3.8, 4) is 0 Å². The monoisotopic (exact) mass is 346 g/mol. The molecule has 0 heterocycles. The van der Waals surface area contributed by atoms with Gasteiger partial charge in [0.1, 0.15) is 0 Å². The minimum atomic E-state index is 0.144. The molecule has 1 atom stereocenters. The largest absolute Gasteiger partial charge is 0.344 e. The highest BCUT2D eigenvalue weighted by molar-refractivity contribution is 9.10. The normalized spacial score (nSPS) is 12.3. The number of hydrogen-bond acceptors (Lipinski definition) is 2. The average Bonchev–Trinajstić information content (AvgIpc) is 2.36. The van der Waals surface area contributed by atoms with Gasteiger partial charge in [0.2, 0.25) is 0 Å². The lowest BCUT2D eigenvalue weighted by Gasteiger charge is -2.24. The topological polar surface area (TPSA) is 29.3 Å². The molecule has 0 saturated heterocycles. The summed E-state index contributed by atoms with van der Waals surface area (Å²) in [5.41, 5.74) is 12.2. The third kappa shape index (κ3) is 4.08. The van der Waals surface area contributed by atoms with Crippen LogP contribution in [0.15, 0.2) is 40.9 Å². The van der Waals surface area contributed by atoms with E-state index in [-0.39, 0.29) is 6.04 Å². The fourth-order valence-electron chi connectivity index (χ4n) is 2.68. The third-order valence-corrected chi connectivity index (χ3v) is 4.03. The Labute approximate surface area is 136 Å². The predicted octanol–water partition coefficient (Wildman–Crippen LogP) is 4.72. The molecule has 2 N–H and O–H groups in total. The van der Waals surface area contributed by atoms with Crippen LogP contribution in [0.4, 0.5) is 11.4 Å². The quantitative estimate of drug-likeness (QED) is 0.867. The Morgan fingerprint density at radius 1 is 1.10 bits per heavy atom. The maximum Gasteiger partial charge on any atom is 0.0442 e. The number of nitrogens with zero attached hydrogens (tertiary/aromatic N) is 1. The highest BCUT2D eigenvalue weighted by Gasteiger charge is 2.12. The lowest BCUT2D eigenvalue weighted by atomic mass is 10.0. The van der Waals surface area contributed by atoms with E-state index in [0.717, 1.165) is 10.9 Å². The van der Waals surface area contributed by atoms with Gasteiger partial charge in [-0.2, -0.15) is 0 Å². The molecule has 0 aromatic heterocycles. The summed E-state index contributed by atoms with van der Waals surface area (Å²) in [6.07, 6.45) is 0.865. The van der Waals surface area contributed by atoms with Crippen LogP contribution in [0.25, 0.3) is 0 Å². The molecule has 0 spiro atoms. The zero-order chi connectivity index (χ0) is 15.6. The number of halogens is 1. The second-order valence-corrected chi connectivity index (χ2v) is 6.78. The lowest BCUT2D eigenvalue weighted by molar-refractivity contribution is 0.737. The van der Waals surface area contributed by atoms with Gasteiger partial charge in [0, 0.05) is 28.9 Å². The van der Waals surface area contributed by atoms with Gasteiger partial charge >= 0.3 is 0 Å². The van der Waals surface area contributed by atoms with Gasteiger partial charge in [-0.3, -0.25) is 0 Å². The van der Waals surface area contributed by atoms with Gasteiger partial charge in [-0.15, -0.1) is 0 Å². The molecule has 2 nitrogen and oxygen atoms in total. The highest BCUT2D eigenvalue weighted by Crippen LogP contribution is 2.31. The number of nitrogens with two attached hydrogens (primary N) is 1. The van der Waals surface area contributed by atoms with Crippen molar-refractivity contribution >= 4 is 27.3 Å². The Hall–Kier alpha value is -1.32. The van der Waals surface area contributed by atoms with Crippen molar-refractivity contribution in [3.63, 3.8) is 0 Å². The number of aryl methyl sites for hydroxylation is 2. The van der Waals surface area contributed by atoms with Gasteiger partial charge in [0.15, 0.2) is 0 Å². The van der Waals surface area contributed by atoms with Gasteiger partial charge in [0.05, 0.1) is 0 Å². The maximum atomic E-state index is 6.00. The van der Waals surface area contributed by atoms with E-state index in [2.05, 4.69) is 78.1 Å². The summed E-state index contributed by atoms with van der Waals surface area (Å²) in [5, 5.41) is 0. The number of benzene rings is 2. The summed E-state index contributed by atoms with van der Waals surface area (Å²) in [6.45, 7) is 6.31. The van der Waals surface area contributed by atoms with E-state index < -0.39 is 0 Å². The number of hydrogen-bond donors (Lipinski definition) is 1. The highest BCUT2D eigenvalue weighted by atomic mass is 79.9. The summed E-state index contributed by atoms with van der Waals surface area (Å²) in [7, 11) is 2.11. The molecule has 112 valence electrons. The van der Waals surface area contributed by atoms with Gasteiger partial charge in [-0.25, -0.2) is 0 Å². The third-order valence-electron chi connectivity index (χ3n) is 3.54. The second-order valence-electron chi connectivity index (χ2n) is 5.86. The summed E-state index contributed by atoms with van der Waals surface area (Å²) in [6, 6.07) is 13.2. The first-order valence-electron chi connectivity index (χ1n) is 7.23. The first kappa shape index (κ1) is 16.1. The second kappa shape index (κ2) is 6.63. The van der Waals surface area contributed by atoms with Crippen LogP contribution < -0.4 is 10.6 Å². The lowest BCUT2D eigenvalue weighted by Crippen LogP contribution is -2.20. The van der Waals surface area contributed by atoms with Gasteiger partial charge in [0.25, 0.3) is 0 Å². The van der Waals surface area contributed by atoms with Gasteiger partial charge in [-0.05, 0) is 74.2 Å².